The highest BCUT2D eigenvalue weighted by Crippen LogP contribution is 2.65. The van der Waals surface area contributed by atoms with Crippen LogP contribution in [0.2, 0.25) is 0 Å². The molecule has 0 N–H and O–H groups in total. The molecule has 4 rings (SSSR count). The predicted octanol–water partition coefficient (Wildman–Crippen LogP) is 4.93. The Kier molecular flexibility index (Phi) is 2.85. The maximum Gasteiger partial charge on any atom is 0.155 e. The van der Waals surface area contributed by atoms with E-state index in [9.17, 15) is 4.79 Å². The van der Waals surface area contributed by atoms with Crippen molar-refractivity contribution < 1.29 is 4.79 Å². The van der Waals surface area contributed by atoms with E-state index in [1.807, 2.05) is 6.08 Å². The molecule has 0 saturated heterocycles. The Hall–Kier alpha value is -0.850. The van der Waals surface area contributed by atoms with Crippen molar-refractivity contribution in [2.45, 2.75) is 58.8 Å². The van der Waals surface area contributed by atoms with Gasteiger partial charge in [0.05, 0.1) is 0 Å². The Morgan fingerprint density at radius 2 is 2.00 bits per heavy atom. The summed E-state index contributed by atoms with van der Waals surface area (Å²) in [7, 11) is 0. The lowest BCUT2D eigenvalue weighted by Gasteiger charge is -2.58. The lowest BCUT2D eigenvalue weighted by Crippen LogP contribution is -2.51. The SMILES string of the molecule is C=C1CC[C@@]2(C)CC[C@H]3[C@@H](CCC4CC(=O)C=C[C@@]43C)[C@H]12. The summed E-state index contributed by atoms with van der Waals surface area (Å²) in [5.41, 5.74) is 2.32. The maximum absolute atomic E-state index is 11.8. The van der Waals surface area contributed by atoms with E-state index in [0.29, 0.717) is 17.1 Å². The Morgan fingerprint density at radius 1 is 1.19 bits per heavy atom. The average molecular weight is 284 g/mol. The summed E-state index contributed by atoms with van der Waals surface area (Å²) in [4.78, 5) is 11.8. The van der Waals surface area contributed by atoms with Crippen molar-refractivity contribution in [2.75, 3.05) is 0 Å². The van der Waals surface area contributed by atoms with Crippen LogP contribution in [-0.2, 0) is 4.79 Å². The zero-order valence-electron chi connectivity index (χ0n) is 13.5. The third-order valence-corrected chi connectivity index (χ3v) is 7.78. The Morgan fingerprint density at radius 3 is 2.81 bits per heavy atom. The highest BCUT2D eigenvalue weighted by Gasteiger charge is 2.57. The van der Waals surface area contributed by atoms with Crippen molar-refractivity contribution >= 4 is 5.78 Å². The molecule has 0 aromatic rings. The first-order valence-corrected chi connectivity index (χ1v) is 8.84. The maximum atomic E-state index is 11.8. The van der Waals surface area contributed by atoms with Crippen LogP contribution in [-0.4, -0.2) is 5.78 Å². The van der Waals surface area contributed by atoms with Crippen LogP contribution in [0.15, 0.2) is 24.3 Å². The second-order valence-electron chi connectivity index (χ2n) is 8.74. The van der Waals surface area contributed by atoms with Crippen LogP contribution in [0.1, 0.15) is 58.8 Å². The molecule has 1 nitrogen and oxygen atoms in total. The van der Waals surface area contributed by atoms with Gasteiger partial charge in [-0.15, -0.1) is 0 Å². The van der Waals surface area contributed by atoms with Crippen LogP contribution in [0.5, 0.6) is 0 Å². The number of fused-ring (bicyclic) bond motifs is 5. The molecule has 0 aromatic carbocycles. The number of hydrogen-bond donors (Lipinski definition) is 0. The molecule has 3 saturated carbocycles. The number of allylic oxidation sites excluding steroid dienone is 3. The van der Waals surface area contributed by atoms with Gasteiger partial charge in [0.1, 0.15) is 0 Å². The third-order valence-electron chi connectivity index (χ3n) is 7.78. The van der Waals surface area contributed by atoms with Gasteiger partial charge in [0.25, 0.3) is 0 Å². The van der Waals surface area contributed by atoms with E-state index >= 15 is 0 Å². The first-order chi connectivity index (χ1) is 9.94. The van der Waals surface area contributed by atoms with E-state index in [1.165, 1.54) is 44.1 Å². The molecule has 0 amide bonds. The van der Waals surface area contributed by atoms with E-state index < -0.39 is 0 Å². The highest BCUT2D eigenvalue weighted by atomic mass is 16.1. The Labute approximate surface area is 128 Å². The molecule has 4 aliphatic rings. The quantitative estimate of drug-likeness (QED) is 0.576. The molecule has 0 heterocycles. The summed E-state index contributed by atoms with van der Waals surface area (Å²) in [6.07, 6.45) is 12.9. The van der Waals surface area contributed by atoms with Gasteiger partial charge in [0, 0.05) is 6.42 Å². The number of carbonyl (C=O) groups is 1. The predicted molar refractivity (Wildman–Crippen MR) is 85.8 cm³/mol. The average Bonchev–Trinajstić information content (AvgIpc) is 2.76. The topological polar surface area (TPSA) is 17.1 Å². The number of carbonyl (C=O) groups excluding carboxylic acids is 1. The molecule has 4 aliphatic carbocycles. The monoisotopic (exact) mass is 284 g/mol. The summed E-state index contributed by atoms with van der Waals surface area (Å²) >= 11 is 0. The van der Waals surface area contributed by atoms with Gasteiger partial charge in [-0.05, 0) is 79.1 Å². The molecule has 0 radical (unpaired) electrons. The fourth-order valence-corrected chi connectivity index (χ4v) is 6.59. The molecule has 1 unspecified atom stereocenters. The van der Waals surface area contributed by atoms with Crippen LogP contribution in [0.25, 0.3) is 0 Å². The van der Waals surface area contributed by atoms with Crippen molar-refractivity contribution in [2.24, 2.45) is 34.5 Å². The summed E-state index contributed by atoms with van der Waals surface area (Å²) < 4.78 is 0. The molecule has 6 atom stereocenters. The first-order valence-electron chi connectivity index (χ1n) is 8.84. The number of hydrogen-bond acceptors (Lipinski definition) is 1. The van der Waals surface area contributed by atoms with E-state index in [-0.39, 0.29) is 5.41 Å². The van der Waals surface area contributed by atoms with Gasteiger partial charge >= 0.3 is 0 Å². The van der Waals surface area contributed by atoms with Crippen molar-refractivity contribution in [1.29, 1.82) is 0 Å². The Bertz CT molecular complexity index is 530. The fourth-order valence-electron chi connectivity index (χ4n) is 6.59. The number of rotatable bonds is 0. The number of ketones is 1. The van der Waals surface area contributed by atoms with Gasteiger partial charge in [-0.3, -0.25) is 4.79 Å². The first kappa shape index (κ1) is 13.8. The minimum Gasteiger partial charge on any atom is -0.295 e. The molecular weight excluding hydrogens is 256 g/mol. The molecule has 21 heavy (non-hydrogen) atoms. The minimum atomic E-state index is 0.265. The second kappa shape index (κ2) is 4.33. The standard InChI is InChI=1S/C20H28O/c1-13-6-9-19(2)10-8-17-16(18(13)19)5-4-14-12-15(21)7-11-20(14,17)3/h7,11,14,16-18H,1,4-6,8-10,12H2,2-3H3/t14?,16-,17+,18+,19+,20+/m1/s1. The molecule has 3 fully saturated rings. The van der Waals surface area contributed by atoms with Gasteiger partial charge < -0.3 is 0 Å². The zero-order valence-corrected chi connectivity index (χ0v) is 13.5. The van der Waals surface area contributed by atoms with Gasteiger partial charge in [0.2, 0.25) is 0 Å². The smallest absolute Gasteiger partial charge is 0.155 e. The lowest BCUT2D eigenvalue weighted by atomic mass is 9.46. The third kappa shape index (κ3) is 1.79. The summed E-state index contributed by atoms with van der Waals surface area (Å²) in [5.74, 6) is 3.28. The zero-order chi connectivity index (χ0) is 14.8. The minimum absolute atomic E-state index is 0.265. The van der Waals surface area contributed by atoms with Crippen LogP contribution < -0.4 is 0 Å². The van der Waals surface area contributed by atoms with Gasteiger partial charge in [-0.1, -0.05) is 32.1 Å². The van der Waals surface area contributed by atoms with E-state index in [2.05, 4.69) is 26.5 Å². The van der Waals surface area contributed by atoms with Crippen molar-refractivity contribution in [3.05, 3.63) is 24.3 Å². The largest absolute Gasteiger partial charge is 0.295 e. The van der Waals surface area contributed by atoms with Crippen molar-refractivity contribution in [3.8, 4) is 0 Å². The van der Waals surface area contributed by atoms with E-state index in [0.717, 1.165) is 24.2 Å². The van der Waals surface area contributed by atoms with E-state index in [4.69, 9.17) is 0 Å². The van der Waals surface area contributed by atoms with Crippen molar-refractivity contribution in [3.63, 3.8) is 0 Å². The summed E-state index contributed by atoms with van der Waals surface area (Å²) in [6, 6.07) is 0. The molecule has 0 aromatic heterocycles. The van der Waals surface area contributed by atoms with Gasteiger partial charge in [-0.25, -0.2) is 0 Å². The molecule has 0 bridgehead atoms. The second-order valence-corrected chi connectivity index (χ2v) is 8.74. The van der Waals surface area contributed by atoms with Crippen LogP contribution in [0, 0.1) is 34.5 Å². The van der Waals surface area contributed by atoms with Crippen LogP contribution >= 0.6 is 0 Å². The summed E-state index contributed by atoms with van der Waals surface area (Å²) in [5, 5.41) is 0. The van der Waals surface area contributed by atoms with Gasteiger partial charge in [-0.2, -0.15) is 0 Å². The normalized spacial score (nSPS) is 52.3. The summed E-state index contributed by atoms with van der Waals surface area (Å²) in [6.45, 7) is 9.40. The molecule has 114 valence electrons. The lowest BCUT2D eigenvalue weighted by molar-refractivity contribution is -0.121. The highest BCUT2D eigenvalue weighted by molar-refractivity contribution is 5.91. The van der Waals surface area contributed by atoms with Crippen LogP contribution in [0.3, 0.4) is 0 Å². The van der Waals surface area contributed by atoms with Crippen LogP contribution in [0.4, 0.5) is 0 Å². The van der Waals surface area contributed by atoms with E-state index in [1.54, 1.807) is 0 Å². The Balaban J connectivity index is 1.72. The molecular formula is C20H28O. The van der Waals surface area contributed by atoms with Crippen molar-refractivity contribution in [1.82, 2.24) is 0 Å². The molecule has 1 heteroatoms. The molecule has 0 spiro atoms. The molecule has 0 aliphatic heterocycles. The van der Waals surface area contributed by atoms with Gasteiger partial charge in [0.15, 0.2) is 5.78 Å². The fraction of sp³-hybridized carbons (Fsp3) is 0.750.